The van der Waals surface area contributed by atoms with Crippen molar-refractivity contribution in [2.45, 2.75) is 18.9 Å². The number of nitrogens with one attached hydrogen (secondary N) is 1. The van der Waals surface area contributed by atoms with Crippen molar-refractivity contribution in [3.63, 3.8) is 0 Å². The number of carboxylic acid groups (broad SMARTS) is 1. The second kappa shape index (κ2) is 8.99. The highest BCUT2D eigenvalue weighted by Gasteiger charge is 2.29. The maximum Gasteiger partial charge on any atom is 0.345 e. The van der Waals surface area contributed by atoms with E-state index in [9.17, 15) is 9.90 Å². The summed E-state index contributed by atoms with van der Waals surface area (Å²) in [7, 11) is 1.50. The molecule has 0 spiro atoms. The first-order chi connectivity index (χ1) is 14.9. The number of methoxy groups -OCH3 is 1. The molecule has 0 bridgehead atoms. The highest BCUT2D eigenvalue weighted by molar-refractivity contribution is 6.35. The van der Waals surface area contributed by atoms with E-state index in [2.05, 4.69) is 15.3 Å². The van der Waals surface area contributed by atoms with Crippen LogP contribution >= 0.6 is 23.2 Å². The number of aromatic nitrogens is 2. The largest absolute Gasteiger partial charge is 0.478 e. The molecule has 0 amide bonds. The number of hydrogen-bond donors (Lipinski definition) is 2. The van der Waals surface area contributed by atoms with Gasteiger partial charge in [-0.05, 0) is 47.9 Å². The molecule has 2 heterocycles. The number of nitrogens with zero attached hydrogens (tertiary/aromatic N) is 2. The van der Waals surface area contributed by atoms with E-state index in [4.69, 9.17) is 32.7 Å². The van der Waals surface area contributed by atoms with Crippen molar-refractivity contribution in [3.8, 4) is 23.0 Å². The van der Waals surface area contributed by atoms with Gasteiger partial charge in [-0.25, -0.2) is 4.79 Å². The zero-order valence-electron chi connectivity index (χ0n) is 16.6. The van der Waals surface area contributed by atoms with E-state index in [0.29, 0.717) is 46.7 Å². The summed E-state index contributed by atoms with van der Waals surface area (Å²) in [5.74, 6) is 0.205. The van der Waals surface area contributed by atoms with Crippen LogP contribution in [0.15, 0.2) is 42.5 Å². The Kier molecular flexibility index (Phi) is 6.15. The number of hydrogen-bond acceptors (Lipinski definition) is 6. The molecule has 0 fully saturated rings. The molecule has 1 aliphatic heterocycles. The monoisotopic (exact) mass is 459 g/mol. The number of rotatable bonds is 7. The Labute approximate surface area is 189 Å². The van der Waals surface area contributed by atoms with Crippen LogP contribution in [0.25, 0.3) is 11.3 Å². The molecule has 0 aliphatic carbocycles. The molecule has 1 unspecified atom stereocenters. The van der Waals surface area contributed by atoms with Crippen LogP contribution in [-0.2, 0) is 17.6 Å². The van der Waals surface area contributed by atoms with Gasteiger partial charge in [-0.15, -0.1) is 0 Å². The van der Waals surface area contributed by atoms with E-state index >= 15 is 0 Å². The van der Waals surface area contributed by atoms with E-state index in [-0.39, 0.29) is 6.01 Å². The lowest BCUT2D eigenvalue weighted by molar-refractivity contribution is -0.144. The van der Waals surface area contributed by atoms with Crippen LogP contribution < -0.4 is 14.8 Å². The summed E-state index contributed by atoms with van der Waals surface area (Å²) in [5, 5.41) is 13.7. The third-order valence-electron chi connectivity index (χ3n) is 4.91. The predicted octanol–water partition coefficient (Wildman–Crippen LogP) is 4.50. The molecular formula is C22H19Cl2N3O4. The Balaban J connectivity index is 1.52. The van der Waals surface area contributed by atoms with Crippen molar-refractivity contribution in [2.24, 2.45) is 0 Å². The number of aliphatic carboxylic acids is 1. The molecule has 31 heavy (non-hydrogen) atoms. The summed E-state index contributed by atoms with van der Waals surface area (Å²) in [5.41, 5.74) is 3.28. The average molecular weight is 460 g/mol. The lowest BCUT2D eigenvalue weighted by Crippen LogP contribution is -2.24. The molecule has 9 heteroatoms. The molecule has 3 aromatic rings. The number of carboxylic acids is 1. The van der Waals surface area contributed by atoms with Gasteiger partial charge in [0.1, 0.15) is 11.6 Å². The van der Waals surface area contributed by atoms with Gasteiger partial charge in [0.2, 0.25) is 0 Å². The second-order valence-electron chi connectivity index (χ2n) is 7.01. The third kappa shape index (κ3) is 4.84. The number of halogens is 2. The topological polar surface area (TPSA) is 93.6 Å². The Bertz CT molecular complexity index is 1140. The normalized spacial score (nSPS) is 14.6. The van der Waals surface area contributed by atoms with Gasteiger partial charge in [-0.2, -0.15) is 9.97 Å². The summed E-state index contributed by atoms with van der Waals surface area (Å²) in [6.07, 6.45) is 0.139. The highest BCUT2D eigenvalue weighted by atomic mass is 35.5. The zero-order valence-corrected chi connectivity index (χ0v) is 18.1. The van der Waals surface area contributed by atoms with Crippen LogP contribution in [0.1, 0.15) is 11.1 Å². The van der Waals surface area contributed by atoms with E-state index in [0.717, 1.165) is 16.7 Å². The van der Waals surface area contributed by atoms with Crippen LogP contribution in [0, 0.1) is 0 Å². The van der Waals surface area contributed by atoms with Crippen molar-refractivity contribution in [1.29, 1.82) is 0 Å². The number of anilines is 1. The molecule has 1 aromatic heterocycles. The lowest BCUT2D eigenvalue weighted by atomic mass is 10.0. The molecule has 0 saturated heterocycles. The van der Waals surface area contributed by atoms with Crippen molar-refractivity contribution < 1.29 is 19.4 Å². The van der Waals surface area contributed by atoms with Crippen molar-refractivity contribution in [3.05, 3.63) is 63.6 Å². The third-order valence-corrected chi connectivity index (χ3v) is 5.50. The Morgan fingerprint density at radius 3 is 2.81 bits per heavy atom. The predicted molar refractivity (Wildman–Crippen MR) is 118 cm³/mol. The summed E-state index contributed by atoms with van der Waals surface area (Å²) < 4.78 is 10.7. The Morgan fingerprint density at radius 2 is 2.06 bits per heavy atom. The first-order valence-electron chi connectivity index (χ1n) is 9.56. The molecule has 160 valence electrons. The van der Waals surface area contributed by atoms with Gasteiger partial charge in [-0.1, -0.05) is 29.3 Å². The van der Waals surface area contributed by atoms with E-state index in [1.165, 1.54) is 7.11 Å². The number of ether oxygens (including phenoxy) is 2. The summed E-state index contributed by atoms with van der Waals surface area (Å²) >= 11 is 12.2. The minimum atomic E-state index is -0.978. The van der Waals surface area contributed by atoms with E-state index < -0.39 is 12.1 Å². The van der Waals surface area contributed by atoms with Gasteiger partial charge < -0.3 is 19.9 Å². The van der Waals surface area contributed by atoms with Gasteiger partial charge >= 0.3 is 12.0 Å². The van der Waals surface area contributed by atoms with Crippen molar-refractivity contribution in [1.82, 2.24) is 9.97 Å². The van der Waals surface area contributed by atoms with Crippen molar-refractivity contribution >= 4 is 35.0 Å². The van der Waals surface area contributed by atoms with Gasteiger partial charge in [0.25, 0.3) is 0 Å². The highest BCUT2D eigenvalue weighted by Crippen LogP contribution is 2.33. The minimum absolute atomic E-state index is 0.227. The minimum Gasteiger partial charge on any atom is -0.478 e. The summed E-state index contributed by atoms with van der Waals surface area (Å²) in [6, 6.07) is 13.0. The SMILES string of the molecule is COc1nc(NCCc2ccc(Cl)cc2Cl)cc(-c2ccc3c(c2)CC(C(=O)O)O3)n1. The first kappa shape index (κ1) is 21.2. The maximum absolute atomic E-state index is 11.2. The fourth-order valence-electron chi connectivity index (χ4n) is 3.35. The average Bonchev–Trinajstić information content (AvgIpc) is 3.19. The van der Waals surface area contributed by atoms with Crippen LogP contribution in [0.4, 0.5) is 5.82 Å². The van der Waals surface area contributed by atoms with E-state index in [1.54, 1.807) is 18.2 Å². The molecule has 2 N–H and O–H groups in total. The van der Waals surface area contributed by atoms with Gasteiger partial charge in [0.15, 0.2) is 6.10 Å². The molecule has 1 aliphatic rings. The lowest BCUT2D eigenvalue weighted by Gasteiger charge is -2.11. The fraction of sp³-hybridized carbons (Fsp3) is 0.227. The Morgan fingerprint density at radius 1 is 1.23 bits per heavy atom. The van der Waals surface area contributed by atoms with Gasteiger partial charge in [0, 0.05) is 34.6 Å². The zero-order chi connectivity index (χ0) is 22.0. The van der Waals surface area contributed by atoms with Crippen LogP contribution in [0.5, 0.6) is 11.8 Å². The number of fused-ring (bicyclic) bond motifs is 1. The van der Waals surface area contributed by atoms with Gasteiger partial charge in [0.05, 0.1) is 12.8 Å². The Hall–Kier alpha value is -3.03. The first-order valence-corrected chi connectivity index (χ1v) is 10.3. The standard InChI is InChI=1S/C22H19Cl2N3O4/c1-30-22-26-17(13-3-5-18-14(8-13)9-19(31-18)21(28)29)11-20(27-22)25-7-6-12-2-4-15(23)10-16(12)24/h2-5,8,10-11,19H,6-7,9H2,1H3,(H,28,29)(H,25,26,27). The molecule has 0 saturated carbocycles. The molecule has 7 nitrogen and oxygen atoms in total. The number of carbonyl (C=O) groups is 1. The molecule has 0 radical (unpaired) electrons. The second-order valence-corrected chi connectivity index (χ2v) is 7.85. The maximum atomic E-state index is 11.2. The smallest absolute Gasteiger partial charge is 0.345 e. The molecule has 4 rings (SSSR count). The fourth-order valence-corrected chi connectivity index (χ4v) is 3.85. The molecular weight excluding hydrogens is 441 g/mol. The van der Waals surface area contributed by atoms with Crippen LogP contribution in [0.2, 0.25) is 10.0 Å². The molecule has 2 aromatic carbocycles. The summed E-state index contributed by atoms with van der Waals surface area (Å²) in [4.78, 5) is 20.0. The van der Waals surface area contributed by atoms with Crippen LogP contribution in [-0.4, -0.2) is 40.8 Å². The quantitative estimate of drug-likeness (QED) is 0.536. The van der Waals surface area contributed by atoms with Crippen molar-refractivity contribution in [2.75, 3.05) is 19.0 Å². The van der Waals surface area contributed by atoms with E-state index in [1.807, 2.05) is 24.3 Å². The van der Waals surface area contributed by atoms with Gasteiger partial charge in [-0.3, -0.25) is 0 Å². The summed E-state index contributed by atoms with van der Waals surface area (Å²) in [6.45, 7) is 0.597. The van der Waals surface area contributed by atoms with Crippen LogP contribution in [0.3, 0.4) is 0 Å². The molecule has 1 atom stereocenters. The number of benzene rings is 2.